The van der Waals surface area contributed by atoms with Crippen molar-refractivity contribution in [3.63, 3.8) is 0 Å². The molecule has 1 aromatic carbocycles. The van der Waals surface area contributed by atoms with Crippen molar-refractivity contribution in [2.45, 2.75) is 32.6 Å². The Morgan fingerprint density at radius 1 is 0.810 bits per heavy atom. The second kappa shape index (κ2) is 6.49. The molecule has 3 aromatic rings. The van der Waals surface area contributed by atoms with Crippen LogP contribution < -0.4 is 0 Å². The van der Waals surface area contributed by atoms with Gasteiger partial charge >= 0.3 is 0 Å². The summed E-state index contributed by atoms with van der Waals surface area (Å²) in [5.74, 6) is 0. The van der Waals surface area contributed by atoms with Crippen molar-refractivity contribution in [1.82, 2.24) is 9.97 Å². The Balaban J connectivity index is 1.57. The molecule has 2 N–H and O–H groups in total. The predicted octanol–water partition coefficient (Wildman–Crippen LogP) is 4.28. The number of aromatic nitrogens is 2. The lowest BCUT2D eigenvalue weighted by atomic mass is 10.1. The third kappa shape index (κ3) is 3.66. The van der Waals surface area contributed by atoms with E-state index in [4.69, 9.17) is 0 Å². The molecule has 2 aromatic heterocycles. The molecule has 0 fully saturated rings. The Labute approximate surface area is 126 Å². The second-order valence-electron chi connectivity index (χ2n) is 5.56. The minimum atomic E-state index is 0.977. The molecule has 0 bridgehead atoms. The molecule has 0 atom stereocenters. The van der Waals surface area contributed by atoms with Gasteiger partial charge in [-0.25, -0.2) is 0 Å². The SMILES string of the molecule is CCc1cc(CCc2ccc(Cc3ccccc3)[nH]2)c[nH]1. The van der Waals surface area contributed by atoms with E-state index >= 15 is 0 Å². The molecule has 0 saturated heterocycles. The van der Waals surface area contributed by atoms with Crippen molar-refractivity contribution < 1.29 is 0 Å². The van der Waals surface area contributed by atoms with E-state index in [0.29, 0.717) is 0 Å². The molecule has 2 nitrogen and oxygen atoms in total. The van der Waals surface area contributed by atoms with Crippen LogP contribution in [0, 0.1) is 0 Å². The average molecular weight is 278 g/mol. The van der Waals surface area contributed by atoms with E-state index in [2.05, 4.69) is 71.6 Å². The zero-order chi connectivity index (χ0) is 14.5. The van der Waals surface area contributed by atoms with Crippen molar-refractivity contribution >= 4 is 0 Å². The van der Waals surface area contributed by atoms with Gasteiger partial charge < -0.3 is 9.97 Å². The summed E-state index contributed by atoms with van der Waals surface area (Å²) in [6.45, 7) is 2.18. The largest absolute Gasteiger partial charge is 0.365 e. The minimum absolute atomic E-state index is 0.977. The molecule has 108 valence electrons. The van der Waals surface area contributed by atoms with Crippen LogP contribution in [0.3, 0.4) is 0 Å². The van der Waals surface area contributed by atoms with E-state index in [1.54, 1.807) is 0 Å². The summed E-state index contributed by atoms with van der Waals surface area (Å²) in [5.41, 5.74) is 6.68. The summed E-state index contributed by atoms with van der Waals surface area (Å²) in [6, 6.07) is 17.3. The maximum atomic E-state index is 3.54. The molecular weight excluding hydrogens is 256 g/mol. The summed E-state index contributed by atoms with van der Waals surface area (Å²) in [7, 11) is 0. The molecule has 2 heteroatoms. The van der Waals surface area contributed by atoms with Crippen LogP contribution in [0.2, 0.25) is 0 Å². The molecule has 0 unspecified atom stereocenters. The average Bonchev–Trinajstić information content (AvgIpc) is 3.15. The number of rotatable bonds is 6. The van der Waals surface area contributed by atoms with Gasteiger partial charge in [0.1, 0.15) is 0 Å². The highest BCUT2D eigenvalue weighted by molar-refractivity contribution is 5.24. The summed E-state index contributed by atoms with van der Waals surface area (Å²) in [4.78, 5) is 6.86. The fourth-order valence-corrected chi connectivity index (χ4v) is 2.68. The van der Waals surface area contributed by atoms with E-state index in [1.165, 1.54) is 28.2 Å². The molecule has 0 spiro atoms. The van der Waals surface area contributed by atoms with Crippen molar-refractivity contribution in [2.75, 3.05) is 0 Å². The Morgan fingerprint density at radius 2 is 1.62 bits per heavy atom. The molecule has 0 aliphatic rings. The highest BCUT2D eigenvalue weighted by atomic mass is 14.7. The summed E-state index contributed by atoms with van der Waals surface area (Å²) in [5, 5.41) is 0. The highest BCUT2D eigenvalue weighted by Gasteiger charge is 2.02. The van der Waals surface area contributed by atoms with Crippen LogP contribution in [0.5, 0.6) is 0 Å². The number of aromatic amines is 2. The first-order valence-corrected chi connectivity index (χ1v) is 7.70. The van der Waals surface area contributed by atoms with Crippen molar-refractivity contribution in [3.8, 4) is 0 Å². The minimum Gasteiger partial charge on any atom is -0.365 e. The van der Waals surface area contributed by atoms with Crippen LogP contribution in [-0.2, 0) is 25.7 Å². The molecule has 21 heavy (non-hydrogen) atoms. The van der Waals surface area contributed by atoms with Crippen LogP contribution in [-0.4, -0.2) is 9.97 Å². The van der Waals surface area contributed by atoms with E-state index < -0.39 is 0 Å². The zero-order valence-electron chi connectivity index (χ0n) is 12.5. The topological polar surface area (TPSA) is 31.6 Å². The quantitative estimate of drug-likeness (QED) is 0.674. The molecule has 0 amide bonds. The standard InChI is InChI=1S/C19H22N2/c1-2-17-13-16(14-20-17)8-9-18-10-11-19(21-18)12-15-6-4-3-5-7-15/h3-7,10-11,13-14,20-21H,2,8-9,12H2,1H3. The number of hydrogen-bond acceptors (Lipinski definition) is 0. The molecule has 0 aliphatic carbocycles. The third-order valence-corrected chi connectivity index (χ3v) is 3.91. The third-order valence-electron chi connectivity index (χ3n) is 3.91. The lowest BCUT2D eigenvalue weighted by Crippen LogP contribution is -1.92. The van der Waals surface area contributed by atoms with Crippen molar-refractivity contribution in [2.24, 2.45) is 0 Å². The van der Waals surface area contributed by atoms with Crippen molar-refractivity contribution in [3.05, 3.63) is 82.9 Å². The summed E-state index contributed by atoms with van der Waals surface area (Å²) in [6.07, 6.45) is 6.33. The van der Waals surface area contributed by atoms with E-state index in [0.717, 1.165) is 25.7 Å². The monoisotopic (exact) mass is 278 g/mol. The van der Waals surface area contributed by atoms with Gasteiger partial charge in [-0.05, 0) is 48.6 Å². The van der Waals surface area contributed by atoms with Crippen LogP contribution in [0.1, 0.15) is 35.1 Å². The van der Waals surface area contributed by atoms with Gasteiger partial charge in [-0.3, -0.25) is 0 Å². The fourth-order valence-electron chi connectivity index (χ4n) is 2.68. The number of benzene rings is 1. The Hall–Kier alpha value is -2.22. The fraction of sp³-hybridized carbons (Fsp3) is 0.263. The summed E-state index contributed by atoms with van der Waals surface area (Å²) < 4.78 is 0. The first-order chi connectivity index (χ1) is 10.3. The van der Waals surface area contributed by atoms with E-state index in [1.807, 2.05) is 0 Å². The number of aryl methyl sites for hydroxylation is 3. The van der Waals surface area contributed by atoms with Crippen LogP contribution in [0.15, 0.2) is 54.7 Å². The highest BCUT2D eigenvalue weighted by Crippen LogP contribution is 2.12. The zero-order valence-corrected chi connectivity index (χ0v) is 12.5. The van der Waals surface area contributed by atoms with Gasteiger partial charge in [0.05, 0.1) is 0 Å². The van der Waals surface area contributed by atoms with Crippen molar-refractivity contribution in [1.29, 1.82) is 0 Å². The Morgan fingerprint density at radius 3 is 2.38 bits per heavy atom. The maximum Gasteiger partial charge on any atom is 0.0193 e. The number of hydrogen-bond donors (Lipinski definition) is 2. The second-order valence-corrected chi connectivity index (χ2v) is 5.56. The van der Waals surface area contributed by atoms with Gasteiger partial charge in [-0.15, -0.1) is 0 Å². The molecule has 3 rings (SSSR count). The van der Waals surface area contributed by atoms with Gasteiger partial charge in [-0.1, -0.05) is 37.3 Å². The molecule has 2 heterocycles. The molecular formula is C19H22N2. The normalized spacial score (nSPS) is 10.9. The predicted molar refractivity (Wildman–Crippen MR) is 87.6 cm³/mol. The Bertz CT molecular complexity index is 676. The van der Waals surface area contributed by atoms with Crippen LogP contribution in [0.4, 0.5) is 0 Å². The first-order valence-electron chi connectivity index (χ1n) is 7.70. The van der Waals surface area contributed by atoms with Gasteiger partial charge in [0.15, 0.2) is 0 Å². The lowest BCUT2D eigenvalue weighted by molar-refractivity contribution is 0.914. The van der Waals surface area contributed by atoms with Gasteiger partial charge in [0.2, 0.25) is 0 Å². The number of nitrogens with one attached hydrogen (secondary N) is 2. The number of H-pyrrole nitrogens is 2. The summed E-state index contributed by atoms with van der Waals surface area (Å²) >= 11 is 0. The van der Waals surface area contributed by atoms with E-state index in [-0.39, 0.29) is 0 Å². The first kappa shape index (κ1) is 13.7. The van der Waals surface area contributed by atoms with Crippen LogP contribution >= 0.6 is 0 Å². The lowest BCUT2D eigenvalue weighted by Gasteiger charge is -1.99. The molecule has 0 saturated carbocycles. The maximum absolute atomic E-state index is 3.54. The van der Waals surface area contributed by atoms with Crippen LogP contribution in [0.25, 0.3) is 0 Å². The van der Waals surface area contributed by atoms with Gasteiger partial charge in [0.25, 0.3) is 0 Å². The van der Waals surface area contributed by atoms with Gasteiger partial charge in [-0.2, -0.15) is 0 Å². The smallest absolute Gasteiger partial charge is 0.0193 e. The Kier molecular flexibility index (Phi) is 4.25. The molecule has 0 aliphatic heterocycles. The molecule has 0 radical (unpaired) electrons. The van der Waals surface area contributed by atoms with Gasteiger partial charge in [0, 0.05) is 29.7 Å². The van der Waals surface area contributed by atoms with E-state index in [9.17, 15) is 0 Å².